The van der Waals surface area contributed by atoms with E-state index in [-0.39, 0.29) is 23.5 Å². The number of amides is 1. The fraction of sp³-hybridized carbons (Fsp3) is 0.217. The quantitative estimate of drug-likeness (QED) is 0.539. The van der Waals surface area contributed by atoms with Crippen molar-refractivity contribution in [2.45, 2.75) is 33.2 Å². The molecule has 0 aliphatic rings. The first kappa shape index (κ1) is 19.6. The molecule has 4 aromatic rings. The molecule has 0 spiro atoms. The van der Waals surface area contributed by atoms with Crippen molar-refractivity contribution in [1.29, 1.82) is 0 Å². The lowest BCUT2D eigenvalue weighted by Gasteiger charge is -2.09. The maximum absolute atomic E-state index is 12.9. The van der Waals surface area contributed by atoms with Crippen LogP contribution in [0.2, 0.25) is 0 Å². The standard InChI is InChI=1S/C23H23N5O2/c1-16-8-9-19(14-17(16)2)27-12-13-28-20(25-26-22(28)23(27)30)10-11-21(29)24-15-18-6-4-3-5-7-18/h3-9,12-14H,10-11,15H2,1-2H3,(H,24,29). The third-order valence-electron chi connectivity index (χ3n) is 5.22. The Hall–Kier alpha value is -3.74. The van der Waals surface area contributed by atoms with E-state index in [1.165, 1.54) is 5.56 Å². The zero-order valence-electron chi connectivity index (χ0n) is 17.0. The van der Waals surface area contributed by atoms with Crippen LogP contribution < -0.4 is 10.9 Å². The van der Waals surface area contributed by atoms with Gasteiger partial charge in [-0.05, 0) is 42.7 Å². The Labute approximate surface area is 174 Å². The van der Waals surface area contributed by atoms with E-state index < -0.39 is 0 Å². The normalized spacial score (nSPS) is 11.0. The third-order valence-corrected chi connectivity index (χ3v) is 5.22. The van der Waals surface area contributed by atoms with Crippen molar-refractivity contribution in [3.63, 3.8) is 0 Å². The van der Waals surface area contributed by atoms with Gasteiger partial charge >= 0.3 is 5.56 Å². The molecule has 1 amide bonds. The molecule has 0 unspecified atom stereocenters. The van der Waals surface area contributed by atoms with Crippen LogP contribution in [-0.4, -0.2) is 25.1 Å². The minimum atomic E-state index is -0.243. The predicted octanol–water partition coefficient (Wildman–Crippen LogP) is 2.75. The minimum Gasteiger partial charge on any atom is -0.352 e. The number of aryl methyl sites for hydroxylation is 3. The van der Waals surface area contributed by atoms with Crippen molar-refractivity contribution < 1.29 is 4.79 Å². The fourth-order valence-corrected chi connectivity index (χ4v) is 3.29. The maximum atomic E-state index is 12.9. The summed E-state index contributed by atoms with van der Waals surface area (Å²) in [6.45, 7) is 4.53. The number of carbonyl (C=O) groups is 1. The summed E-state index contributed by atoms with van der Waals surface area (Å²) in [6.07, 6.45) is 4.15. The molecule has 7 heteroatoms. The number of rotatable bonds is 6. The second-order valence-corrected chi connectivity index (χ2v) is 7.31. The zero-order chi connectivity index (χ0) is 21.1. The lowest BCUT2D eigenvalue weighted by Crippen LogP contribution is -2.23. The number of benzene rings is 2. The van der Waals surface area contributed by atoms with Crippen LogP contribution in [0.3, 0.4) is 0 Å². The number of hydrogen-bond acceptors (Lipinski definition) is 4. The topological polar surface area (TPSA) is 81.3 Å². The number of hydrogen-bond donors (Lipinski definition) is 1. The average molecular weight is 401 g/mol. The van der Waals surface area contributed by atoms with Crippen LogP contribution in [0.4, 0.5) is 0 Å². The van der Waals surface area contributed by atoms with Gasteiger partial charge < -0.3 is 5.32 Å². The van der Waals surface area contributed by atoms with Crippen LogP contribution in [0, 0.1) is 13.8 Å². The summed E-state index contributed by atoms with van der Waals surface area (Å²) in [4.78, 5) is 25.1. The summed E-state index contributed by atoms with van der Waals surface area (Å²) in [5.74, 6) is 0.517. The van der Waals surface area contributed by atoms with Crippen molar-refractivity contribution in [3.8, 4) is 5.69 Å². The van der Waals surface area contributed by atoms with Crippen LogP contribution in [-0.2, 0) is 17.8 Å². The van der Waals surface area contributed by atoms with Gasteiger partial charge in [0.1, 0.15) is 5.82 Å². The molecule has 0 radical (unpaired) electrons. The van der Waals surface area contributed by atoms with Gasteiger partial charge in [-0.2, -0.15) is 0 Å². The highest BCUT2D eigenvalue weighted by Crippen LogP contribution is 2.13. The summed E-state index contributed by atoms with van der Waals surface area (Å²) in [5.41, 5.74) is 4.12. The molecule has 30 heavy (non-hydrogen) atoms. The van der Waals surface area contributed by atoms with Gasteiger partial charge in [-0.15, -0.1) is 10.2 Å². The smallest absolute Gasteiger partial charge is 0.300 e. The monoisotopic (exact) mass is 401 g/mol. The van der Waals surface area contributed by atoms with Gasteiger partial charge in [-0.1, -0.05) is 36.4 Å². The lowest BCUT2D eigenvalue weighted by atomic mass is 10.1. The van der Waals surface area contributed by atoms with Crippen molar-refractivity contribution in [1.82, 2.24) is 24.5 Å². The Morgan fingerprint density at radius 3 is 2.57 bits per heavy atom. The molecule has 7 nitrogen and oxygen atoms in total. The van der Waals surface area contributed by atoms with E-state index in [1.807, 2.05) is 62.4 Å². The van der Waals surface area contributed by atoms with Crippen LogP contribution >= 0.6 is 0 Å². The van der Waals surface area contributed by atoms with Gasteiger partial charge in [0.2, 0.25) is 11.6 Å². The molecule has 0 saturated heterocycles. The summed E-state index contributed by atoms with van der Waals surface area (Å²) in [6, 6.07) is 15.6. The molecule has 152 valence electrons. The van der Waals surface area contributed by atoms with Crippen LogP contribution in [0.1, 0.15) is 28.9 Å². The zero-order valence-corrected chi connectivity index (χ0v) is 17.0. The molecule has 2 heterocycles. The lowest BCUT2D eigenvalue weighted by molar-refractivity contribution is -0.121. The number of carbonyl (C=O) groups excluding carboxylic acids is 1. The Balaban J connectivity index is 1.48. The van der Waals surface area contributed by atoms with Gasteiger partial charge in [-0.3, -0.25) is 18.6 Å². The van der Waals surface area contributed by atoms with E-state index in [2.05, 4.69) is 15.5 Å². The van der Waals surface area contributed by atoms with E-state index in [9.17, 15) is 9.59 Å². The summed E-state index contributed by atoms with van der Waals surface area (Å²) >= 11 is 0. The first-order valence-corrected chi connectivity index (χ1v) is 9.86. The van der Waals surface area contributed by atoms with E-state index in [0.29, 0.717) is 18.8 Å². The van der Waals surface area contributed by atoms with Crippen molar-refractivity contribution in [3.05, 3.63) is 93.8 Å². The maximum Gasteiger partial charge on any atom is 0.300 e. The Morgan fingerprint density at radius 1 is 1.00 bits per heavy atom. The summed E-state index contributed by atoms with van der Waals surface area (Å²) < 4.78 is 3.22. The molecular formula is C23H23N5O2. The Kier molecular flexibility index (Phi) is 5.43. The van der Waals surface area contributed by atoms with E-state index in [1.54, 1.807) is 21.4 Å². The molecule has 2 aromatic carbocycles. The van der Waals surface area contributed by atoms with Crippen LogP contribution in [0.25, 0.3) is 11.3 Å². The average Bonchev–Trinajstić information content (AvgIpc) is 3.18. The van der Waals surface area contributed by atoms with Crippen LogP contribution in [0.15, 0.2) is 65.7 Å². The number of fused-ring (bicyclic) bond motifs is 1. The number of nitrogens with one attached hydrogen (secondary N) is 1. The second kappa shape index (κ2) is 8.32. The molecule has 0 saturated carbocycles. The Morgan fingerprint density at radius 2 is 1.80 bits per heavy atom. The van der Waals surface area contributed by atoms with E-state index in [0.717, 1.165) is 16.8 Å². The first-order valence-electron chi connectivity index (χ1n) is 9.86. The molecular weight excluding hydrogens is 378 g/mol. The molecule has 0 bridgehead atoms. The van der Waals surface area contributed by atoms with Crippen LogP contribution in [0.5, 0.6) is 0 Å². The SMILES string of the molecule is Cc1ccc(-n2ccn3c(CCC(=O)NCc4ccccc4)nnc3c2=O)cc1C. The Bertz CT molecular complexity index is 1260. The molecule has 0 atom stereocenters. The first-order chi connectivity index (χ1) is 14.5. The molecule has 0 aliphatic carbocycles. The van der Waals surface area contributed by atoms with E-state index >= 15 is 0 Å². The van der Waals surface area contributed by atoms with Crippen molar-refractivity contribution in [2.24, 2.45) is 0 Å². The fourth-order valence-electron chi connectivity index (χ4n) is 3.29. The number of aromatic nitrogens is 4. The minimum absolute atomic E-state index is 0.0703. The molecule has 0 fully saturated rings. The van der Waals surface area contributed by atoms with Gasteiger partial charge in [0.15, 0.2) is 0 Å². The highest BCUT2D eigenvalue weighted by molar-refractivity contribution is 5.76. The molecule has 4 rings (SSSR count). The molecule has 1 N–H and O–H groups in total. The highest BCUT2D eigenvalue weighted by atomic mass is 16.1. The van der Waals surface area contributed by atoms with Gasteiger partial charge in [0.05, 0.1) is 0 Å². The van der Waals surface area contributed by atoms with E-state index in [4.69, 9.17) is 0 Å². The second-order valence-electron chi connectivity index (χ2n) is 7.31. The largest absolute Gasteiger partial charge is 0.352 e. The van der Waals surface area contributed by atoms with Crippen molar-refractivity contribution in [2.75, 3.05) is 0 Å². The number of nitrogens with zero attached hydrogens (tertiary/aromatic N) is 4. The van der Waals surface area contributed by atoms with Gasteiger partial charge in [0, 0.05) is 37.5 Å². The van der Waals surface area contributed by atoms with Gasteiger partial charge in [0.25, 0.3) is 0 Å². The summed E-state index contributed by atoms with van der Waals surface area (Å²) in [5, 5.41) is 11.1. The molecule has 0 aliphatic heterocycles. The third kappa shape index (κ3) is 4.00. The molecule has 2 aromatic heterocycles. The highest BCUT2D eigenvalue weighted by Gasteiger charge is 2.13. The summed E-state index contributed by atoms with van der Waals surface area (Å²) in [7, 11) is 0. The van der Waals surface area contributed by atoms with Gasteiger partial charge in [-0.25, -0.2) is 0 Å². The van der Waals surface area contributed by atoms with Crippen molar-refractivity contribution >= 4 is 11.6 Å². The predicted molar refractivity (Wildman–Crippen MR) is 115 cm³/mol.